The van der Waals surface area contributed by atoms with Gasteiger partial charge in [-0.2, -0.15) is 0 Å². The Kier molecular flexibility index (Phi) is 6.97. The Morgan fingerprint density at radius 2 is 1.65 bits per heavy atom. The number of nitrogens with zero attached hydrogens (tertiary/aromatic N) is 3. The fourth-order valence-electron chi connectivity index (χ4n) is 4.10. The molecule has 0 atom stereocenters. The lowest BCUT2D eigenvalue weighted by Gasteiger charge is -2.08. The van der Waals surface area contributed by atoms with Crippen molar-refractivity contribution in [3.63, 3.8) is 0 Å². The lowest BCUT2D eigenvalue weighted by Crippen LogP contribution is -2.16. The standard InChI is InChI=1S/C27H20Cl2N4O3S/c1-15-21(14-24(34)30-27-32-31-25(37-27)16-3-7-18(28)8-4-16)22-13-20(36-2)11-12-23(22)33(15)26(35)17-5-9-19(29)10-6-17/h3-13H,14H2,1-2H3,(H,30,32,34). The van der Waals surface area contributed by atoms with Gasteiger partial charge in [-0.3, -0.25) is 14.2 Å². The minimum absolute atomic E-state index is 0.0340. The van der Waals surface area contributed by atoms with Crippen molar-refractivity contribution in [3.8, 4) is 16.3 Å². The number of ether oxygens (including phenoxy) is 1. The number of rotatable bonds is 6. The average molecular weight is 551 g/mol. The summed E-state index contributed by atoms with van der Waals surface area (Å²) in [6, 6.07) is 19.4. The van der Waals surface area contributed by atoms with Crippen molar-refractivity contribution in [1.82, 2.24) is 14.8 Å². The van der Waals surface area contributed by atoms with Crippen molar-refractivity contribution in [2.75, 3.05) is 12.4 Å². The molecule has 0 saturated heterocycles. The van der Waals surface area contributed by atoms with Gasteiger partial charge in [0.2, 0.25) is 11.0 Å². The molecule has 5 aromatic rings. The zero-order chi connectivity index (χ0) is 26.1. The van der Waals surface area contributed by atoms with Crippen molar-refractivity contribution in [2.45, 2.75) is 13.3 Å². The summed E-state index contributed by atoms with van der Waals surface area (Å²) in [6.45, 7) is 1.83. The zero-order valence-corrected chi connectivity index (χ0v) is 22.1. The normalized spacial score (nSPS) is 11.0. The number of hydrogen-bond donors (Lipinski definition) is 1. The van der Waals surface area contributed by atoms with Crippen LogP contribution in [-0.2, 0) is 11.2 Å². The highest BCUT2D eigenvalue weighted by Crippen LogP contribution is 2.32. The van der Waals surface area contributed by atoms with Gasteiger partial charge in [0.1, 0.15) is 10.8 Å². The molecule has 0 radical (unpaired) electrons. The van der Waals surface area contributed by atoms with Gasteiger partial charge in [0.05, 0.1) is 19.0 Å². The predicted octanol–water partition coefficient (Wildman–Crippen LogP) is 6.65. The third kappa shape index (κ3) is 5.09. The highest BCUT2D eigenvalue weighted by molar-refractivity contribution is 7.18. The maximum Gasteiger partial charge on any atom is 0.262 e. The average Bonchev–Trinajstić information content (AvgIpc) is 3.46. The van der Waals surface area contributed by atoms with Gasteiger partial charge in [-0.25, -0.2) is 0 Å². The third-order valence-electron chi connectivity index (χ3n) is 5.94. The molecule has 37 heavy (non-hydrogen) atoms. The number of methoxy groups -OCH3 is 1. The van der Waals surface area contributed by atoms with Crippen molar-refractivity contribution in [2.24, 2.45) is 0 Å². The van der Waals surface area contributed by atoms with Gasteiger partial charge in [-0.05, 0) is 67.1 Å². The maximum atomic E-state index is 13.5. The van der Waals surface area contributed by atoms with Crippen LogP contribution in [0.2, 0.25) is 10.0 Å². The first-order valence-corrected chi connectivity index (χ1v) is 12.8. The molecule has 7 nitrogen and oxygen atoms in total. The SMILES string of the molecule is COc1ccc2c(c1)c(CC(=O)Nc1nnc(-c3ccc(Cl)cc3)s1)c(C)n2C(=O)c1ccc(Cl)cc1. The topological polar surface area (TPSA) is 86.1 Å². The molecule has 10 heteroatoms. The molecule has 1 amide bonds. The van der Waals surface area contributed by atoms with E-state index in [0.717, 1.165) is 16.5 Å². The summed E-state index contributed by atoms with van der Waals surface area (Å²) in [5.41, 5.74) is 3.41. The second kappa shape index (κ2) is 10.3. The van der Waals surface area contributed by atoms with E-state index in [1.54, 1.807) is 54.1 Å². The van der Waals surface area contributed by atoms with Gasteiger partial charge in [0.15, 0.2) is 0 Å². The van der Waals surface area contributed by atoms with Crippen LogP contribution < -0.4 is 10.1 Å². The fourth-order valence-corrected chi connectivity index (χ4v) is 5.12. The zero-order valence-electron chi connectivity index (χ0n) is 19.8. The summed E-state index contributed by atoms with van der Waals surface area (Å²) in [5.74, 6) is 0.136. The van der Waals surface area contributed by atoms with Crippen LogP contribution in [-0.4, -0.2) is 33.7 Å². The second-order valence-electron chi connectivity index (χ2n) is 8.24. The molecule has 2 heterocycles. The smallest absolute Gasteiger partial charge is 0.262 e. The lowest BCUT2D eigenvalue weighted by atomic mass is 10.1. The highest BCUT2D eigenvalue weighted by atomic mass is 35.5. The van der Waals surface area contributed by atoms with Crippen LogP contribution in [0.25, 0.3) is 21.5 Å². The summed E-state index contributed by atoms with van der Waals surface area (Å²) in [5, 5.41) is 14.1. The fraction of sp³-hybridized carbons (Fsp3) is 0.111. The molecule has 186 valence electrons. The highest BCUT2D eigenvalue weighted by Gasteiger charge is 2.22. The van der Waals surface area contributed by atoms with Crippen LogP contribution in [0.1, 0.15) is 21.6 Å². The number of carbonyl (C=O) groups excluding carboxylic acids is 2. The Morgan fingerprint density at radius 1 is 0.973 bits per heavy atom. The van der Waals surface area contributed by atoms with Gasteiger partial charge in [0, 0.05) is 32.3 Å². The molecule has 0 fully saturated rings. The molecule has 0 aliphatic rings. The van der Waals surface area contributed by atoms with Crippen molar-refractivity contribution in [3.05, 3.63) is 93.6 Å². The summed E-state index contributed by atoms with van der Waals surface area (Å²) < 4.78 is 7.02. The van der Waals surface area contributed by atoms with Crippen LogP contribution in [0.4, 0.5) is 5.13 Å². The number of carbonyl (C=O) groups is 2. The van der Waals surface area contributed by atoms with E-state index in [4.69, 9.17) is 27.9 Å². The summed E-state index contributed by atoms with van der Waals surface area (Å²) in [6.07, 6.45) is 0.0340. The molecule has 0 saturated carbocycles. The van der Waals surface area contributed by atoms with Crippen LogP contribution >= 0.6 is 34.5 Å². The number of nitrogens with one attached hydrogen (secondary N) is 1. The molecule has 0 aliphatic carbocycles. The van der Waals surface area contributed by atoms with Crippen molar-refractivity contribution in [1.29, 1.82) is 0 Å². The monoisotopic (exact) mass is 550 g/mol. The molecule has 0 bridgehead atoms. The summed E-state index contributed by atoms with van der Waals surface area (Å²) in [7, 11) is 1.57. The summed E-state index contributed by atoms with van der Waals surface area (Å²) in [4.78, 5) is 26.5. The van der Waals surface area contributed by atoms with Crippen molar-refractivity contribution < 1.29 is 14.3 Å². The van der Waals surface area contributed by atoms with Gasteiger partial charge in [-0.1, -0.05) is 46.7 Å². The first-order chi connectivity index (χ1) is 17.8. The number of anilines is 1. The minimum Gasteiger partial charge on any atom is -0.497 e. The Hall–Kier alpha value is -3.72. The number of fused-ring (bicyclic) bond motifs is 1. The largest absolute Gasteiger partial charge is 0.497 e. The predicted molar refractivity (Wildman–Crippen MR) is 147 cm³/mol. The van der Waals surface area contributed by atoms with Crippen LogP contribution in [0.5, 0.6) is 5.75 Å². The number of amides is 1. The van der Waals surface area contributed by atoms with E-state index >= 15 is 0 Å². The van der Waals surface area contributed by atoms with Crippen LogP contribution in [0, 0.1) is 6.92 Å². The van der Waals surface area contributed by atoms with Crippen LogP contribution in [0.15, 0.2) is 66.7 Å². The van der Waals surface area contributed by atoms with Gasteiger partial charge < -0.3 is 10.1 Å². The first-order valence-electron chi connectivity index (χ1n) is 11.2. The maximum absolute atomic E-state index is 13.5. The van der Waals surface area contributed by atoms with E-state index in [-0.39, 0.29) is 18.2 Å². The van der Waals surface area contributed by atoms with E-state index in [9.17, 15) is 9.59 Å². The third-order valence-corrected chi connectivity index (χ3v) is 7.33. The Bertz CT molecular complexity index is 1630. The molecule has 3 aromatic carbocycles. The molecule has 0 spiro atoms. The van der Waals surface area contributed by atoms with Gasteiger partial charge in [0.25, 0.3) is 5.91 Å². The molecule has 2 aromatic heterocycles. The number of hydrogen-bond acceptors (Lipinski definition) is 6. The number of aromatic nitrogens is 3. The van der Waals surface area contributed by atoms with E-state index in [1.807, 2.05) is 31.2 Å². The van der Waals surface area contributed by atoms with E-state index < -0.39 is 0 Å². The molecule has 0 aliphatic heterocycles. The second-order valence-corrected chi connectivity index (χ2v) is 10.1. The molecule has 5 rings (SSSR count). The van der Waals surface area contributed by atoms with Gasteiger partial charge in [-0.15, -0.1) is 10.2 Å². The van der Waals surface area contributed by atoms with E-state index in [1.165, 1.54) is 11.3 Å². The van der Waals surface area contributed by atoms with E-state index in [0.29, 0.717) is 42.7 Å². The Labute approximate surface area is 226 Å². The quantitative estimate of drug-likeness (QED) is 0.255. The van der Waals surface area contributed by atoms with E-state index in [2.05, 4.69) is 15.5 Å². The first kappa shape index (κ1) is 25.0. The Morgan fingerprint density at radius 3 is 2.32 bits per heavy atom. The lowest BCUT2D eigenvalue weighted by molar-refractivity contribution is -0.115. The van der Waals surface area contributed by atoms with Crippen molar-refractivity contribution >= 4 is 62.4 Å². The molecule has 0 unspecified atom stereocenters. The number of benzene rings is 3. The molecular weight excluding hydrogens is 531 g/mol. The Balaban J connectivity index is 1.45. The molecular formula is C27H20Cl2N4O3S. The summed E-state index contributed by atoms with van der Waals surface area (Å²) >= 11 is 13.2. The minimum atomic E-state index is -0.275. The molecule has 1 N–H and O–H groups in total. The number of halogens is 2. The van der Waals surface area contributed by atoms with Crippen LogP contribution in [0.3, 0.4) is 0 Å². The van der Waals surface area contributed by atoms with Gasteiger partial charge >= 0.3 is 0 Å².